The minimum Gasteiger partial charge on any atom is -0.399 e. The minimum absolute atomic E-state index is 0.0494. The highest BCUT2D eigenvalue weighted by Crippen LogP contribution is 2.25. The molecule has 0 radical (unpaired) electrons. The Bertz CT molecular complexity index is 532. The third-order valence-corrected chi connectivity index (χ3v) is 4.64. The van der Waals surface area contributed by atoms with Crippen LogP contribution in [0.2, 0.25) is 0 Å². The van der Waals surface area contributed by atoms with E-state index in [0.717, 1.165) is 17.9 Å². The summed E-state index contributed by atoms with van der Waals surface area (Å²) < 4.78 is 22.8. The highest BCUT2D eigenvalue weighted by Gasteiger charge is 2.16. The van der Waals surface area contributed by atoms with Gasteiger partial charge in [0, 0.05) is 30.2 Å². The molecule has 0 saturated carbocycles. The van der Waals surface area contributed by atoms with Crippen molar-refractivity contribution in [3.63, 3.8) is 0 Å². The van der Waals surface area contributed by atoms with Gasteiger partial charge in [-0.25, -0.2) is 13.6 Å². The van der Waals surface area contributed by atoms with Crippen LogP contribution < -0.4 is 15.8 Å². The van der Waals surface area contributed by atoms with Crippen LogP contribution in [0.25, 0.3) is 0 Å². The molecule has 0 saturated heterocycles. The van der Waals surface area contributed by atoms with Crippen LogP contribution in [0.3, 0.4) is 0 Å². The van der Waals surface area contributed by atoms with E-state index >= 15 is 0 Å². The lowest BCUT2D eigenvalue weighted by Gasteiger charge is -2.29. The largest absolute Gasteiger partial charge is 0.399 e. The number of rotatable bonds is 6. The van der Waals surface area contributed by atoms with Gasteiger partial charge in [0.1, 0.15) is 0 Å². The van der Waals surface area contributed by atoms with Gasteiger partial charge < -0.3 is 10.6 Å². The first kappa shape index (κ1) is 16.1. The number of benzene rings is 1. The molecule has 108 valence electrons. The van der Waals surface area contributed by atoms with Gasteiger partial charge in [-0.15, -0.1) is 0 Å². The summed E-state index contributed by atoms with van der Waals surface area (Å²) in [6.07, 6.45) is 3.02. The maximum Gasteiger partial charge on any atom is 0.238 e. The Balaban J connectivity index is 3.16. The molecule has 0 fully saturated rings. The summed E-state index contributed by atoms with van der Waals surface area (Å²) in [6.45, 7) is 2.10. The average Bonchev–Trinajstić information content (AvgIpc) is 2.33. The van der Waals surface area contributed by atoms with Crippen LogP contribution in [0.1, 0.15) is 13.3 Å². The Kier molecular flexibility index (Phi) is 5.51. The van der Waals surface area contributed by atoms with Crippen molar-refractivity contribution in [2.45, 2.75) is 24.3 Å². The van der Waals surface area contributed by atoms with Crippen LogP contribution in [0, 0.1) is 0 Å². The lowest BCUT2D eigenvalue weighted by atomic mass is 10.2. The van der Waals surface area contributed by atoms with Crippen LogP contribution in [-0.4, -0.2) is 33.5 Å². The number of anilines is 2. The van der Waals surface area contributed by atoms with E-state index in [1.807, 2.05) is 18.2 Å². The normalized spacial score (nSPS) is 13.3. The summed E-state index contributed by atoms with van der Waals surface area (Å²) in [5.41, 5.74) is 6.92. The molecule has 4 N–H and O–H groups in total. The van der Waals surface area contributed by atoms with Gasteiger partial charge in [0.05, 0.1) is 4.90 Å². The second-order valence-corrected chi connectivity index (χ2v) is 6.91. The van der Waals surface area contributed by atoms with Crippen LogP contribution in [0.4, 0.5) is 11.4 Å². The van der Waals surface area contributed by atoms with Gasteiger partial charge in [-0.2, -0.15) is 11.8 Å². The summed E-state index contributed by atoms with van der Waals surface area (Å²) in [4.78, 5) is 2.09. The second-order valence-electron chi connectivity index (χ2n) is 4.43. The van der Waals surface area contributed by atoms with Crippen LogP contribution >= 0.6 is 11.8 Å². The molecule has 1 aromatic carbocycles. The molecule has 1 atom stereocenters. The third kappa shape index (κ3) is 4.29. The number of nitrogen functional groups attached to an aromatic ring is 1. The molecule has 1 unspecified atom stereocenters. The molecule has 1 rings (SSSR count). The molecule has 0 aliphatic rings. The Morgan fingerprint density at radius 2 is 2.00 bits per heavy atom. The quantitative estimate of drug-likeness (QED) is 0.777. The number of nitrogens with zero attached hydrogens (tertiary/aromatic N) is 1. The summed E-state index contributed by atoms with van der Waals surface area (Å²) in [5, 5.41) is 5.16. The molecule has 0 bridgehead atoms. The van der Waals surface area contributed by atoms with Crippen LogP contribution in [-0.2, 0) is 10.0 Å². The van der Waals surface area contributed by atoms with E-state index < -0.39 is 10.0 Å². The Hall–Kier alpha value is -0.920. The zero-order valence-corrected chi connectivity index (χ0v) is 13.1. The molecule has 0 heterocycles. The molecule has 19 heavy (non-hydrogen) atoms. The minimum atomic E-state index is -3.74. The van der Waals surface area contributed by atoms with Crippen molar-refractivity contribution in [1.82, 2.24) is 0 Å². The fourth-order valence-electron chi connectivity index (χ4n) is 1.88. The van der Waals surface area contributed by atoms with Gasteiger partial charge in [-0.05, 0) is 30.9 Å². The molecule has 0 aliphatic carbocycles. The Morgan fingerprint density at radius 3 is 2.47 bits per heavy atom. The number of hydrogen-bond acceptors (Lipinski definition) is 5. The molecular weight excluding hydrogens is 282 g/mol. The maximum absolute atomic E-state index is 11.4. The molecule has 7 heteroatoms. The fourth-order valence-corrected chi connectivity index (χ4v) is 3.31. The average molecular weight is 303 g/mol. The lowest BCUT2D eigenvalue weighted by molar-refractivity contribution is 0.597. The zero-order valence-electron chi connectivity index (χ0n) is 11.5. The second kappa shape index (κ2) is 6.49. The molecular formula is C12H21N3O2S2. The van der Waals surface area contributed by atoms with Gasteiger partial charge in [0.15, 0.2) is 0 Å². The molecule has 5 nitrogen and oxygen atoms in total. The maximum atomic E-state index is 11.4. The van der Waals surface area contributed by atoms with E-state index in [0.29, 0.717) is 11.7 Å². The molecule has 1 aromatic rings. The van der Waals surface area contributed by atoms with E-state index in [1.54, 1.807) is 23.9 Å². The number of thioether (sulfide) groups is 1. The molecule has 0 aromatic heterocycles. The van der Waals surface area contributed by atoms with Crippen molar-refractivity contribution < 1.29 is 8.42 Å². The predicted octanol–water partition coefficient (Wildman–Crippen LogP) is 1.49. The summed E-state index contributed by atoms with van der Waals surface area (Å²) in [6, 6.07) is 5.03. The number of nitrogens with two attached hydrogens (primary N) is 2. The Labute approximate surface area is 119 Å². The molecule has 0 spiro atoms. The summed E-state index contributed by atoms with van der Waals surface area (Å²) >= 11 is 1.76. The van der Waals surface area contributed by atoms with Crippen LogP contribution in [0.5, 0.6) is 0 Å². The SMILES string of the molecule is CCC(CSC)N(C)c1cc(N)cc(S(N)(=O)=O)c1. The van der Waals surface area contributed by atoms with Crippen molar-refractivity contribution in [2.75, 3.05) is 29.7 Å². The third-order valence-electron chi connectivity index (χ3n) is 3.03. The van der Waals surface area contributed by atoms with E-state index in [1.165, 1.54) is 6.07 Å². The smallest absolute Gasteiger partial charge is 0.238 e. The van der Waals surface area contributed by atoms with Crippen molar-refractivity contribution in [3.8, 4) is 0 Å². The van der Waals surface area contributed by atoms with E-state index in [2.05, 4.69) is 6.92 Å². The summed E-state index contributed by atoms with van der Waals surface area (Å²) in [7, 11) is -1.80. The van der Waals surface area contributed by atoms with Gasteiger partial charge in [0.25, 0.3) is 0 Å². The number of primary sulfonamides is 1. The van der Waals surface area contributed by atoms with E-state index in [-0.39, 0.29) is 4.90 Å². The first-order valence-electron chi connectivity index (χ1n) is 5.94. The highest BCUT2D eigenvalue weighted by molar-refractivity contribution is 7.98. The molecule has 0 aliphatic heterocycles. The number of hydrogen-bond donors (Lipinski definition) is 2. The van der Waals surface area contributed by atoms with E-state index in [9.17, 15) is 8.42 Å². The van der Waals surface area contributed by atoms with Gasteiger partial charge in [-0.1, -0.05) is 6.92 Å². The standard InChI is InChI=1S/C12H21N3O2S2/c1-4-10(8-18-3)15(2)11-5-9(13)6-12(7-11)19(14,16)17/h5-7,10H,4,8,13H2,1-3H3,(H2,14,16,17). The summed E-state index contributed by atoms with van der Waals surface area (Å²) in [5.74, 6) is 0.965. The van der Waals surface area contributed by atoms with Crippen molar-refractivity contribution >= 4 is 33.2 Å². The van der Waals surface area contributed by atoms with Crippen molar-refractivity contribution in [1.29, 1.82) is 0 Å². The monoisotopic (exact) mass is 303 g/mol. The van der Waals surface area contributed by atoms with Gasteiger partial charge in [-0.3, -0.25) is 0 Å². The Morgan fingerprint density at radius 1 is 1.37 bits per heavy atom. The van der Waals surface area contributed by atoms with Gasteiger partial charge in [0.2, 0.25) is 10.0 Å². The van der Waals surface area contributed by atoms with Crippen molar-refractivity contribution in [3.05, 3.63) is 18.2 Å². The lowest BCUT2D eigenvalue weighted by Crippen LogP contribution is -2.33. The molecule has 0 amide bonds. The van der Waals surface area contributed by atoms with Crippen LogP contribution in [0.15, 0.2) is 23.1 Å². The fraction of sp³-hybridized carbons (Fsp3) is 0.500. The zero-order chi connectivity index (χ0) is 14.6. The first-order valence-corrected chi connectivity index (χ1v) is 8.88. The highest BCUT2D eigenvalue weighted by atomic mass is 32.2. The predicted molar refractivity (Wildman–Crippen MR) is 83.1 cm³/mol. The first-order chi connectivity index (χ1) is 8.79. The van der Waals surface area contributed by atoms with Gasteiger partial charge >= 0.3 is 0 Å². The van der Waals surface area contributed by atoms with E-state index in [4.69, 9.17) is 10.9 Å². The topological polar surface area (TPSA) is 89.4 Å². The van der Waals surface area contributed by atoms with Crippen molar-refractivity contribution in [2.24, 2.45) is 5.14 Å². The number of sulfonamides is 1.